The van der Waals surface area contributed by atoms with E-state index >= 15 is 0 Å². The predicted molar refractivity (Wildman–Crippen MR) is 156 cm³/mol. The minimum Gasteiger partial charge on any atom is -0.508 e. The lowest BCUT2D eigenvalue weighted by Gasteiger charge is -2.38. The predicted octanol–water partition coefficient (Wildman–Crippen LogP) is 3.54. The number of halogens is 1. The van der Waals surface area contributed by atoms with Crippen LogP contribution in [0, 0.1) is 0 Å². The van der Waals surface area contributed by atoms with Gasteiger partial charge >= 0.3 is 6.01 Å². The number of aromatic hydroxyl groups is 1. The number of nitrogens with zero attached hydrogens (tertiary/aromatic N) is 6. The highest BCUT2D eigenvalue weighted by Gasteiger charge is 2.30. The summed E-state index contributed by atoms with van der Waals surface area (Å²) >= 11 is 2.33. The van der Waals surface area contributed by atoms with Crippen LogP contribution in [0.4, 0.5) is 11.5 Å². The van der Waals surface area contributed by atoms with E-state index in [1.54, 1.807) is 6.07 Å². The van der Waals surface area contributed by atoms with E-state index in [9.17, 15) is 9.90 Å². The Hall–Kier alpha value is -3.12. The minimum atomic E-state index is -0.0306. The first-order valence-electron chi connectivity index (χ1n) is 13.1. The molecule has 2 fully saturated rings. The number of phenolic OH excluding ortho intramolecular Hbond substituents is 1. The fourth-order valence-electron chi connectivity index (χ4n) is 5.65. The van der Waals surface area contributed by atoms with Crippen LogP contribution < -0.4 is 14.5 Å². The summed E-state index contributed by atoms with van der Waals surface area (Å²) in [6, 6.07) is 12.2. The molecular formula is C28H31IN6O3. The Kier molecular flexibility index (Phi) is 7.00. The van der Waals surface area contributed by atoms with Crippen molar-refractivity contribution in [1.29, 1.82) is 0 Å². The molecule has 0 bridgehead atoms. The van der Waals surface area contributed by atoms with Gasteiger partial charge in [0.25, 0.3) is 0 Å². The number of fused-ring (bicyclic) bond motifs is 2. The lowest BCUT2D eigenvalue weighted by molar-refractivity contribution is -0.126. The van der Waals surface area contributed by atoms with Gasteiger partial charge in [-0.25, -0.2) is 3.11 Å². The standard InChI is InChI=1S/C28H31IN6O3/c1-2-26(37)32-11-13-33(14-12-32)27-23-8-9-34(25-16-20(36)15-19-5-3-4-6-22(19)25)18-24(23)30-28(31-27)38-21-7-10-35(29)17-21/h2-6,15-16,21,36H,1,7-14,17-18H2. The molecule has 2 aromatic carbocycles. The largest absolute Gasteiger partial charge is 0.508 e. The Morgan fingerprint density at radius 3 is 2.66 bits per heavy atom. The van der Waals surface area contributed by atoms with Crippen LogP contribution in [0.25, 0.3) is 10.8 Å². The van der Waals surface area contributed by atoms with Gasteiger partial charge in [0.2, 0.25) is 5.91 Å². The summed E-state index contributed by atoms with van der Waals surface area (Å²) in [6.07, 6.45) is 3.18. The van der Waals surface area contributed by atoms with Crippen LogP contribution in [-0.4, -0.2) is 80.9 Å². The van der Waals surface area contributed by atoms with Crippen molar-refractivity contribution in [2.45, 2.75) is 25.5 Å². The fraction of sp³-hybridized carbons (Fsp3) is 0.393. The second-order valence-electron chi connectivity index (χ2n) is 10.0. The molecule has 1 N–H and O–H groups in total. The number of benzene rings is 2. The van der Waals surface area contributed by atoms with Gasteiger partial charge in [-0.1, -0.05) is 30.8 Å². The van der Waals surface area contributed by atoms with Crippen LogP contribution in [0.15, 0.2) is 49.1 Å². The normalized spacial score (nSPS) is 20.0. The number of aromatic nitrogens is 2. The van der Waals surface area contributed by atoms with Crippen molar-refractivity contribution in [1.82, 2.24) is 18.0 Å². The van der Waals surface area contributed by atoms with Crippen molar-refractivity contribution in [3.8, 4) is 11.8 Å². The Balaban J connectivity index is 1.33. The number of amides is 1. The Labute approximate surface area is 236 Å². The van der Waals surface area contributed by atoms with Gasteiger partial charge in [0.15, 0.2) is 0 Å². The van der Waals surface area contributed by atoms with Crippen LogP contribution in [0.3, 0.4) is 0 Å². The number of anilines is 2. The molecule has 1 unspecified atom stereocenters. The molecule has 0 aliphatic carbocycles. The van der Waals surface area contributed by atoms with Gasteiger partial charge < -0.3 is 24.5 Å². The van der Waals surface area contributed by atoms with Crippen molar-refractivity contribution in [2.24, 2.45) is 0 Å². The number of carbonyl (C=O) groups excluding carboxylic acids is 1. The molecule has 2 saturated heterocycles. The molecular weight excluding hydrogens is 595 g/mol. The second kappa shape index (κ2) is 10.6. The monoisotopic (exact) mass is 626 g/mol. The van der Waals surface area contributed by atoms with E-state index in [-0.39, 0.29) is 17.8 Å². The molecule has 6 rings (SSSR count). The average Bonchev–Trinajstić information content (AvgIpc) is 3.35. The lowest BCUT2D eigenvalue weighted by Crippen LogP contribution is -2.49. The third-order valence-corrected chi connectivity index (χ3v) is 8.50. The molecule has 0 radical (unpaired) electrons. The molecule has 0 saturated carbocycles. The molecule has 4 heterocycles. The van der Waals surface area contributed by atoms with Gasteiger partial charge in [-0.3, -0.25) is 4.79 Å². The fourth-order valence-corrected chi connectivity index (χ4v) is 6.36. The van der Waals surface area contributed by atoms with Gasteiger partial charge in [0, 0.05) is 91.4 Å². The lowest BCUT2D eigenvalue weighted by atomic mass is 10.0. The number of carbonyl (C=O) groups is 1. The first kappa shape index (κ1) is 25.2. The molecule has 3 aliphatic heterocycles. The van der Waals surface area contributed by atoms with Crippen LogP contribution in [0.2, 0.25) is 0 Å². The Bertz CT molecular complexity index is 1380. The van der Waals surface area contributed by atoms with E-state index in [4.69, 9.17) is 14.7 Å². The molecule has 0 spiro atoms. The maximum Gasteiger partial charge on any atom is 0.318 e. The van der Waals surface area contributed by atoms with Crippen molar-refractivity contribution in [2.75, 3.05) is 55.6 Å². The van der Waals surface area contributed by atoms with Gasteiger partial charge in [0.1, 0.15) is 17.7 Å². The summed E-state index contributed by atoms with van der Waals surface area (Å²) in [7, 11) is 0. The third kappa shape index (κ3) is 4.98. The number of phenols is 1. The molecule has 38 heavy (non-hydrogen) atoms. The second-order valence-corrected chi connectivity index (χ2v) is 11.4. The van der Waals surface area contributed by atoms with E-state index in [1.807, 2.05) is 29.2 Å². The van der Waals surface area contributed by atoms with E-state index in [2.05, 4.69) is 48.4 Å². The average molecular weight is 626 g/mol. The van der Waals surface area contributed by atoms with Crippen LogP contribution in [-0.2, 0) is 17.8 Å². The van der Waals surface area contributed by atoms with E-state index in [1.165, 1.54) is 6.08 Å². The number of hydrogen-bond donors (Lipinski definition) is 1. The maximum atomic E-state index is 12.1. The highest BCUT2D eigenvalue weighted by molar-refractivity contribution is 14.1. The van der Waals surface area contributed by atoms with Crippen molar-refractivity contribution < 1.29 is 14.6 Å². The molecule has 3 aromatic rings. The number of piperazine rings is 1. The quantitative estimate of drug-likeness (QED) is 0.262. The maximum absolute atomic E-state index is 12.1. The number of hydrogen-bond acceptors (Lipinski definition) is 8. The summed E-state index contributed by atoms with van der Waals surface area (Å²) < 4.78 is 8.55. The van der Waals surface area contributed by atoms with Crippen LogP contribution in [0.1, 0.15) is 17.7 Å². The SMILES string of the molecule is C=CC(=O)N1CCN(c2nc(OC3CCN(I)C3)nc3c2CCN(c2cc(O)cc4ccccc24)C3)CC1. The van der Waals surface area contributed by atoms with Gasteiger partial charge in [-0.05, 0) is 30.4 Å². The zero-order chi connectivity index (χ0) is 26.2. The summed E-state index contributed by atoms with van der Waals surface area (Å²) in [4.78, 5) is 28.4. The van der Waals surface area contributed by atoms with Crippen molar-refractivity contribution >= 4 is 51.0 Å². The molecule has 198 valence electrons. The van der Waals surface area contributed by atoms with E-state index in [0.717, 1.165) is 66.0 Å². The third-order valence-electron chi connectivity index (χ3n) is 7.62. The molecule has 1 atom stereocenters. The summed E-state index contributed by atoms with van der Waals surface area (Å²) in [5, 5.41) is 12.6. The van der Waals surface area contributed by atoms with E-state index in [0.29, 0.717) is 38.7 Å². The number of rotatable bonds is 5. The molecule has 1 aromatic heterocycles. The smallest absolute Gasteiger partial charge is 0.318 e. The van der Waals surface area contributed by atoms with E-state index < -0.39 is 0 Å². The summed E-state index contributed by atoms with van der Waals surface area (Å²) in [5.74, 6) is 1.14. The van der Waals surface area contributed by atoms with Gasteiger partial charge in [-0.15, -0.1) is 0 Å². The zero-order valence-electron chi connectivity index (χ0n) is 21.2. The first-order chi connectivity index (χ1) is 18.5. The Morgan fingerprint density at radius 2 is 1.89 bits per heavy atom. The highest BCUT2D eigenvalue weighted by atomic mass is 127. The van der Waals surface area contributed by atoms with Gasteiger partial charge in [-0.2, -0.15) is 9.97 Å². The van der Waals surface area contributed by atoms with Crippen molar-refractivity contribution in [3.63, 3.8) is 0 Å². The summed E-state index contributed by atoms with van der Waals surface area (Å²) in [5.41, 5.74) is 3.10. The molecule has 9 nitrogen and oxygen atoms in total. The molecule has 3 aliphatic rings. The first-order valence-corrected chi connectivity index (χ1v) is 14.0. The van der Waals surface area contributed by atoms with Gasteiger partial charge in [0.05, 0.1) is 12.2 Å². The van der Waals surface area contributed by atoms with Crippen LogP contribution >= 0.6 is 22.9 Å². The topological polar surface area (TPSA) is 85.3 Å². The molecule has 1 amide bonds. The van der Waals surface area contributed by atoms with Crippen molar-refractivity contribution in [3.05, 3.63) is 60.3 Å². The minimum absolute atomic E-state index is 0.0306. The van der Waals surface area contributed by atoms with Crippen LogP contribution in [0.5, 0.6) is 11.8 Å². The molecule has 10 heteroatoms. The zero-order valence-corrected chi connectivity index (χ0v) is 23.4. The number of ether oxygens (including phenoxy) is 1. The Morgan fingerprint density at radius 1 is 1.08 bits per heavy atom. The highest BCUT2D eigenvalue weighted by Crippen LogP contribution is 2.36. The summed E-state index contributed by atoms with van der Waals surface area (Å²) in [6.45, 7) is 9.53.